The van der Waals surface area contributed by atoms with E-state index in [1.807, 2.05) is 25.1 Å². The van der Waals surface area contributed by atoms with Crippen molar-refractivity contribution in [3.8, 4) is 0 Å². The first-order valence-corrected chi connectivity index (χ1v) is 6.54. The molecule has 0 aromatic heterocycles. The molecule has 1 aromatic rings. The van der Waals surface area contributed by atoms with E-state index < -0.39 is 11.8 Å². The van der Waals surface area contributed by atoms with E-state index in [1.54, 1.807) is 0 Å². The van der Waals surface area contributed by atoms with Crippen LogP contribution in [0.2, 0.25) is 0 Å². The number of hydrogen-bond donors (Lipinski definition) is 2. The van der Waals surface area contributed by atoms with Crippen LogP contribution in [-0.4, -0.2) is 35.0 Å². The second-order valence-corrected chi connectivity index (χ2v) is 4.97. The van der Waals surface area contributed by atoms with E-state index in [-0.39, 0.29) is 18.8 Å². The third kappa shape index (κ3) is 2.69. The summed E-state index contributed by atoms with van der Waals surface area (Å²) >= 11 is 3.40. The molecular weight excluding hydrogens is 312 g/mol. The van der Waals surface area contributed by atoms with Crippen LogP contribution in [0.1, 0.15) is 5.56 Å². The predicted molar refractivity (Wildman–Crippen MR) is 74.4 cm³/mol. The fourth-order valence-electron chi connectivity index (χ4n) is 1.80. The number of rotatable bonds is 4. The monoisotopic (exact) mass is 324 g/mol. The van der Waals surface area contributed by atoms with Gasteiger partial charge in [-0.05, 0) is 24.6 Å². The fourth-order valence-corrected chi connectivity index (χ4v) is 2.16. The topological polar surface area (TPSA) is 69.6 Å². The summed E-state index contributed by atoms with van der Waals surface area (Å²) in [5.74, 6) is -0.826. The zero-order valence-corrected chi connectivity index (χ0v) is 11.9. The first kappa shape index (κ1) is 13.8. The van der Waals surface area contributed by atoms with Crippen molar-refractivity contribution in [1.29, 1.82) is 0 Å². The summed E-state index contributed by atoms with van der Waals surface area (Å²) in [4.78, 5) is 24.6. The summed E-state index contributed by atoms with van der Waals surface area (Å²) in [5.41, 5.74) is 1.93. The lowest BCUT2D eigenvalue weighted by Crippen LogP contribution is -2.34. The second-order valence-electron chi connectivity index (χ2n) is 4.11. The standard InChI is InChI=1S/C13H13BrN2O3/c1-8-9(14)3-2-4-10(8)15-11-7-12(18)16(5-6-17)13(11)19/h2-4,7,15,17H,5-6H2,1H3. The van der Waals surface area contributed by atoms with E-state index in [2.05, 4.69) is 21.2 Å². The summed E-state index contributed by atoms with van der Waals surface area (Å²) in [6.07, 6.45) is 1.25. The summed E-state index contributed by atoms with van der Waals surface area (Å²) in [5, 5.41) is 11.8. The van der Waals surface area contributed by atoms with Crippen molar-refractivity contribution in [3.05, 3.63) is 40.0 Å². The molecule has 0 atom stereocenters. The highest BCUT2D eigenvalue weighted by Gasteiger charge is 2.30. The average Bonchev–Trinajstić information content (AvgIpc) is 2.63. The zero-order valence-electron chi connectivity index (χ0n) is 10.3. The van der Waals surface area contributed by atoms with Gasteiger partial charge in [0, 0.05) is 16.2 Å². The minimum absolute atomic E-state index is 0.0107. The predicted octanol–water partition coefficient (Wildman–Crippen LogP) is 1.41. The highest BCUT2D eigenvalue weighted by atomic mass is 79.9. The van der Waals surface area contributed by atoms with Gasteiger partial charge in [0.15, 0.2) is 0 Å². The van der Waals surface area contributed by atoms with E-state index in [1.165, 1.54) is 6.08 Å². The van der Waals surface area contributed by atoms with E-state index in [0.717, 1.165) is 20.6 Å². The number of hydrogen-bond acceptors (Lipinski definition) is 4. The largest absolute Gasteiger partial charge is 0.395 e. The van der Waals surface area contributed by atoms with Gasteiger partial charge in [-0.1, -0.05) is 22.0 Å². The third-order valence-corrected chi connectivity index (χ3v) is 3.73. The lowest BCUT2D eigenvalue weighted by Gasteiger charge is -2.14. The Morgan fingerprint density at radius 3 is 2.79 bits per heavy atom. The molecule has 0 unspecified atom stereocenters. The zero-order chi connectivity index (χ0) is 14.0. The number of nitrogens with zero attached hydrogens (tertiary/aromatic N) is 1. The molecule has 1 aliphatic rings. The van der Waals surface area contributed by atoms with Gasteiger partial charge in [0.1, 0.15) is 5.70 Å². The van der Waals surface area contributed by atoms with Gasteiger partial charge in [0.25, 0.3) is 11.8 Å². The van der Waals surface area contributed by atoms with Gasteiger partial charge < -0.3 is 10.4 Å². The Balaban J connectivity index is 2.21. The fraction of sp³-hybridized carbons (Fsp3) is 0.231. The second kappa shape index (κ2) is 5.54. The molecule has 6 heteroatoms. The number of nitrogens with one attached hydrogen (secondary N) is 1. The molecule has 2 N–H and O–H groups in total. The smallest absolute Gasteiger partial charge is 0.277 e. The van der Waals surface area contributed by atoms with Crippen LogP contribution in [0.15, 0.2) is 34.4 Å². The Bertz CT molecular complexity index is 569. The summed E-state index contributed by atoms with van der Waals surface area (Å²) in [6, 6.07) is 5.56. The lowest BCUT2D eigenvalue weighted by molar-refractivity contribution is -0.137. The van der Waals surface area contributed by atoms with Crippen LogP contribution in [0.5, 0.6) is 0 Å². The Kier molecular flexibility index (Phi) is 4.01. The van der Waals surface area contributed by atoms with Crippen LogP contribution < -0.4 is 5.32 Å². The Labute approximate surface area is 119 Å². The number of benzene rings is 1. The summed E-state index contributed by atoms with van der Waals surface area (Å²) < 4.78 is 0.919. The molecule has 1 heterocycles. The molecule has 19 heavy (non-hydrogen) atoms. The van der Waals surface area contributed by atoms with Gasteiger partial charge >= 0.3 is 0 Å². The number of carbonyl (C=O) groups is 2. The van der Waals surface area contributed by atoms with Gasteiger partial charge in [-0.15, -0.1) is 0 Å². The SMILES string of the molecule is Cc1c(Br)cccc1NC1=CC(=O)N(CCO)C1=O. The molecule has 0 spiro atoms. The van der Waals surface area contributed by atoms with E-state index in [9.17, 15) is 9.59 Å². The highest BCUT2D eigenvalue weighted by Crippen LogP contribution is 2.25. The number of anilines is 1. The maximum absolute atomic E-state index is 12.0. The number of amides is 2. The van der Waals surface area contributed by atoms with Gasteiger partial charge in [0.2, 0.25) is 0 Å². The van der Waals surface area contributed by atoms with Gasteiger partial charge in [0.05, 0.1) is 13.2 Å². The Morgan fingerprint density at radius 2 is 2.11 bits per heavy atom. The average molecular weight is 325 g/mol. The van der Waals surface area contributed by atoms with Gasteiger partial charge in [-0.25, -0.2) is 0 Å². The molecule has 100 valence electrons. The molecule has 0 fully saturated rings. The first-order chi connectivity index (χ1) is 9.04. The molecular formula is C13H13BrN2O3. The highest BCUT2D eigenvalue weighted by molar-refractivity contribution is 9.10. The van der Waals surface area contributed by atoms with Crippen LogP contribution >= 0.6 is 15.9 Å². The van der Waals surface area contributed by atoms with E-state index in [4.69, 9.17) is 5.11 Å². The number of carbonyl (C=O) groups excluding carboxylic acids is 2. The molecule has 0 saturated heterocycles. The molecule has 1 aliphatic heterocycles. The molecule has 2 amide bonds. The number of β-amino-alcohol motifs (C(OH)–C–C–N with tert-alkyl or cyclic N) is 1. The van der Waals surface area contributed by atoms with Crippen LogP contribution in [0.3, 0.4) is 0 Å². The summed E-state index contributed by atoms with van der Waals surface area (Å²) in [6.45, 7) is 1.67. The maximum Gasteiger partial charge on any atom is 0.277 e. The Morgan fingerprint density at radius 1 is 1.37 bits per heavy atom. The van der Waals surface area contributed by atoms with Crippen molar-refractivity contribution < 1.29 is 14.7 Å². The van der Waals surface area contributed by atoms with Crippen LogP contribution in [0.4, 0.5) is 5.69 Å². The van der Waals surface area contributed by atoms with Crippen LogP contribution in [0.25, 0.3) is 0 Å². The van der Waals surface area contributed by atoms with Crippen molar-refractivity contribution in [2.45, 2.75) is 6.92 Å². The minimum atomic E-state index is -0.418. The molecule has 2 rings (SSSR count). The van der Waals surface area contributed by atoms with Gasteiger partial charge in [-0.2, -0.15) is 0 Å². The van der Waals surface area contributed by atoms with Crippen molar-refractivity contribution in [3.63, 3.8) is 0 Å². The molecule has 5 nitrogen and oxygen atoms in total. The normalized spacial score (nSPS) is 14.9. The number of aliphatic hydroxyl groups excluding tert-OH is 1. The maximum atomic E-state index is 12.0. The van der Waals surface area contributed by atoms with Crippen molar-refractivity contribution in [2.24, 2.45) is 0 Å². The van der Waals surface area contributed by atoms with E-state index >= 15 is 0 Å². The molecule has 0 aliphatic carbocycles. The van der Waals surface area contributed by atoms with Crippen molar-refractivity contribution >= 4 is 33.4 Å². The van der Waals surface area contributed by atoms with Crippen LogP contribution in [-0.2, 0) is 9.59 Å². The quantitative estimate of drug-likeness (QED) is 0.822. The third-order valence-electron chi connectivity index (χ3n) is 2.87. The molecule has 0 saturated carbocycles. The molecule has 0 bridgehead atoms. The minimum Gasteiger partial charge on any atom is -0.395 e. The lowest BCUT2D eigenvalue weighted by atomic mass is 10.2. The number of aliphatic hydroxyl groups is 1. The van der Waals surface area contributed by atoms with E-state index in [0.29, 0.717) is 0 Å². The number of imide groups is 1. The summed E-state index contributed by atoms with van der Waals surface area (Å²) in [7, 11) is 0. The van der Waals surface area contributed by atoms with Crippen molar-refractivity contribution in [1.82, 2.24) is 4.90 Å². The Hall–Kier alpha value is -1.66. The first-order valence-electron chi connectivity index (χ1n) is 5.75. The van der Waals surface area contributed by atoms with Crippen molar-refractivity contribution in [2.75, 3.05) is 18.5 Å². The molecule has 0 radical (unpaired) electrons. The number of halogens is 1. The van der Waals surface area contributed by atoms with Gasteiger partial charge in [-0.3, -0.25) is 14.5 Å². The molecule has 1 aromatic carbocycles. The van der Waals surface area contributed by atoms with Crippen LogP contribution in [0, 0.1) is 6.92 Å².